The summed E-state index contributed by atoms with van der Waals surface area (Å²) in [5.41, 5.74) is 0. The van der Waals surface area contributed by atoms with Gasteiger partial charge in [0.05, 0.1) is 6.54 Å². The molecule has 1 aromatic rings. The lowest BCUT2D eigenvalue weighted by atomic mass is 9.87. The van der Waals surface area contributed by atoms with Crippen LogP contribution in [-0.2, 0) is 24.1 Å². The summed E-state index contributed by atoms with van der Waals surface area (Å²) in [5.74, 6) is 0.571. The Bertz CT molecular complexity index is 612. The number of aromatic nitrogens is 3. The number of carbonyl (C=O) groups excluding carboxylic acids is 1. The van der Waals surface area contributed by atoms with Gasteiger partial charge in [-0.3, -0.25) is 4.79 Å². The molecule has 0 N–H and O–H groups in total. The molecule has 2 heterocycles. The molecular weight excluding hydrogens is 297 g/mol. The van der Waals surface area contributed by atoms with E-state index in [0.29, 0.717) is 18.4 Å². The molecule has 8 heteroatoms. The van der Waals surface area contributed by atoms with E-state index in [1.54, 1.807) is 4.90 Å². The third-order valence-corrected chi connectivity index (χ3v) is 5.37. The number of hydrogen-bond donors (Lipinski definition) is 0. The van der Waals surface area contributed by atoms with Crippen LogP contribution in [0.2, 0.25) is 0 Å². The fraction of sp³-hybridized carbons (Fsp3) is 0.786. The molecule has 3 aliphatic rings. The predicted octanol–water partition coefficient (Wildman–Crippen LogP) is 2.08. The van der Waals surface area contributed by atoms with Gasteiger partial charge in [-0.25, -0.2) is 0 Å². The lowest BCUT2D eigenvalue weighted by Gasteiger charge is -2.32. The van der Waals surface area contributed by atoms with Gasteiger partial charge in [-0.05, 0) is 31.1 Å². The van der Waals surface area contributed by atoms with Gasteiger partial charge < -0.3 is 9.47 Å². The van der Waals surface area contributed by atoms with Gasteiger partial charge in [0.15, 0.2) is 5.82 Å². The maximum Gasteiger partial charge on any atom is 0.451 e. The molecule has 2 aliphatic carbocycles. The van der Waals surface area contributed by atoms with Crippen molar-refractivity contribution in [3.63, 3.8) is 0 Å². The molecule has 0 radical (unpaired) electrons. The van der Waals surface area contributed by atoms with Crippen molar-refractivity contribution < 1.29 is 18.0 Å². The summed E-state index contributed by atoms with van der Waals surface area (Å²) >= 11 is 0. The van der Waals surface area contributed by atoms with Crippen LogP contribution < -0.4 is 0 Å². The average Bonchev–Trinajstić information content (AvgIpc) is 3.18. The van der Waals surface area contributed by atoms with E-state index in [1.807, 2.05) is 0 Å². The zero-order valence-electron chi connectivity index (χ0n) is 12.0. The highest BCUT2D eigenvalue weighted by atomic mass is 19.4. The Hall–Kier alpha value is -1.60. The van der Waals surface area contributed by atoms with Crippen LogP contribution >= 0.6 is 0 Å². The standard InChI is InChI=1S/C14H17F3N4O/c15-14(16,17)13-19-18-11-7-20(3-4-21(11)13)12(22)10-6-8-1-2-9(10)5-8/h8-10H,1-7H2/t8-,9-,10+/m0/s1. The van der Waals surface area contributed by atoms with E-state index in [-0.39, 0.29) is 30.7 Å². The van der Waals surface area contributed by atoms with Gasteiger partial charge in [0.1, 0.15) is 0 Å². The van der Waals surface area contributed by atoms with Crippen LogP contribution in [0.5, 0.6) is 0 Å². The second-order valence-corrected chi connectivity index (χ2v) is 6.63. The molecule has 4 rings (SSSR count). The number of rotatable bonds is 1. The van der Waals surface area contributed by atoms with Crippen LogP contribution in [0.4, 0.5) is 13.2 Å². The Labute approximate surface area is 125 Å². The second-order valence-electron chi connectivity index (χ2n) is 6.63. The Kier molecular flexibility index (Phi) is 2.99. The molecule has 0 unspecified atom stereocenters. The molecule has 1 amide bonds. The number of nitrogens with zero attached hydrogens (tertiary/aromatic N) is 4. The predicted molar refractivity (Wildman–Crippen MR) is 69.4 cm³/mol. The smallest absolute Gasteiger partial charge is 0.333 e. The highest BCUT2D eigenvalue weighted by molar-refractivity contribution is 5.79. The van der Waals surface area contributed by atoms with Crippen LogP contribution in [0, 0.1) is 17.8 Å². The third kappa shape index (κ3) is 2.11. The van der Waals surface area contributed by atoms with Crippen LogP contribution in [0.3, 0.4) is 0 Å². The zero-order valence-corrected chi connectivity index (χ0v) is 12.0. The number of carbonyl (C=O) groups is 1. The average molecular weight is 314 g/mol. The summed E-state index contributed by atoms with van der Waals surface area (Å²) in [6, 6.07) is 0. The number of fused-ring (bicyclic) bond motifs is 3. The number of alkyl halides is 3. The van der Waals surface area contributed by atoms with Crippen molar-refractivity contribution in [1.82, 2.24) is 19.7 Å². The number of hydrogen-bond acceptors (Lipinski definition) is 3. The van der Waals surface area contributed by atoms with E-state index in [4.69, 9.17) is 0 Å². The lowest BCUT2D eigenvalue weighted by molar-refractivity contribution is -0.148. The van der Waals surface area contributed by atoms with Crippen molar-refractivity contribution in [3.8, 4) is 0 Å². The van der Waals surface area contributed by atoms with Gasteiger partial charge >= 0.3 is 6.18 Å². The first-order chi connectivity index (χ1) is 10.4. The van der Waals surface area contributed by atoms with Gasteiger partial charge in [-0.15, -0.1) is 10.2 Å². The molecule has 0 saturated heterocycles. The van der Waals surface area contributed by atoms with Crippen molar-refractivity contribution in [2.24, 2.45) is 17.8 Å². The minimum Gasteiger partial charge on any atom is -0.333 e. The first kappa shape index (κ1) is 14.0. The summed E-state index contributed by atoms with van der Waals surface area (Å²) < 4.78 is 39.5. The van der Waals surface area contributed by atoms with E-state index in [1.165, 1.54) is 6.42 Å². The van der Waals surface area contributed by atoms with Crippen molar-refractivity contribution in [2.75, 3.05) is 6.54 Å². The van der Waals surface area contributed by atoms with Gasteiger partial charge in [0.25, 0.3) is 0 Å². The molecule has 0 spiro atoms. The van der Waals surface area contributed by atoms with Crippen LogP contribution in [0.25, 0.3) is 0 Å². The summed E-state index contributed by atoms with van der Waals surface area (Å²) in [6.45, 7) is 0.556. The summed E-state index contributed by atoms with van der Waals surface area (Å²) in [6.07, 6.45) is -0.0811. The molecule has 2 bridgehead atoms. The fourth-order valence-electron chi connectivity index (χ4n) is 4.34. The Morgan fingerprint density at radius 1 is 1.14 bits per heavy atom. The molecule has 5 nitrogen and oxygen atoms in total. The van der Waals surface area contributed by atoms with Crippen molar-refractivity contribution in [3.05, 3.63) is 11.6 Å². The van der Waals surface area contributed by atoms with Crippen molar-refractivity contribution >= 4 is 5.91 Å². The zero-order chi connectivity index (χ0) is 15.5. The Morgan fingerprint density at radius 3 is 2.59 bits per heavy atom. The van der Waals surface area contributed by atoms with E-state index >= 15 is 0 Å². The monoisotopic (exact) mass is 314 g/mol. The minimum atomic E-state index is -4.50. The van der Waals surface area contributed by atoms with Crippen LogP contribution in [0.1, 0.15) is 37.3 Å². The second kappa shape index (κ2) is 4.70. The first-order valence-corrected chi connectivity index (χ1v) is 7.71. The third-order valence-electron chi connectivity index (χ3n) is 5.37. The fourth-order valence-corrected chi connectivity index (χ4v) is 4.34. The Balaban J connectivity index is 1.51. The molecule has 2 fully saturated rings. The topological polar surface area (TPSA) is 51.0 Å². The van der Waals surface area contributed by atoms with Gasteiger partial charge in [-0.2, -0.15) is 13.2 Å². The summed E-state index contributed by atoms with van der Waals surface area (Å²) in [4.78, 5) is 14.3. The van der Waals surface area contributed by atoms with E-state index < -0.39 is 12.0 Å². The highest BCUT2D eigenvalue weighted by Gasteiger charge is 2.45. The van der Waals surface area contributed by atoms with E-state index in [2.05, 4.69) is 10.2 Å². The van der Waals surface area contributed by atoms with Gasteiger partial charge in [-0.1, -0.05) is 6.42 Å². The molecule has 0 aromatic carbocycles. The summed E-state index contributed by atoms with van der Waals surface area (Å²) in [7, 11) is 0. The molecular formula is C14H17F3N4O. The molecule has 1 aromatic heterocycles. The first-order valence-electron chi connectivity index (χ1n) is 7.71. The van der Waals surface area contributed by atoms with Crippen molar-refractivity contribution in [2.45, 2.75) is 44.9 Å². The van der Waals surface area contributed by atoms with Gasteiger partial charge in [0, 0.05) is 19.0 Å². The van der Waals surface area contributed by atoms with Crippen LogP contribution in [-0.4, -0.2) is 32.1 Å². The molecule has 22 heavy (non-hydrogen) atoms. The summed E-state index contributed by atoms with van der Waals surface area (Å²) in [5, 5.41) is 6.88. The molecule has 2 saturated carbocycles. The number of amides is 1. The van der Waals surface area contributed by atoms with E-state index in [9.17, 15) is 18.0 Å². The SMILES string of the molecule is O=C([C@@H]1C[C@H]2CC[C@H]1C2)N1CCn2c(nnc2C(F)(F)F)C1. The molecule has 1 aliphatic heterocycles. The maximum atomic E-state index is 12.8. The Morgan fingerprint density at radius 2 is 1.95 bits per heavy atom. The minimum absolute atomic E-state index is 0.0651. The quantitative estimate of drug-likeness (QED) is 0.797. The van der Waals surface area contributed by atoms with E-state index in [0.717, 1.165) is 23.8 Å². The highest BCUT2D eigenvalue weighted by Crippen LogP contribution is 2.49. The molecule has 120 valence electrons. The number of halogens is 3. The molecule has 3 atom stereocenters. The van der Waals surface area contributed by atoms with Crippen molar-refractivity contribution in [1.29, 1.82) is 0 Å². The van der Waals surface area contributed by atoms with Gasteiger partial charge in [0.2, 0.25) is 11.7 Å². The maximum absolute atomic E-state index is 12.8. The lowest BCUT2D eigenvalue weighted by Crippen LogP contribution is -2.43. The largest absolute Gasteiger partial charge is 0.451 e. The van der Waals surface area contributed by atoms with Crippen LogP contribution in [0.15, 0.2) is 0 Å². The normalized spacial score (nSPS) is 30.7.